The van der Waals surface area contributed by atoms with Crippen LogP contribution < -0.4 is 4.90 Å². The number of hydrogen-bond donors (Lipinski definition) is 0. The van der Waals surface area contributed by atoms with Crippen LogP contribution in [0, 0.1) is 10.1 Å². The molecule has 8 heteroatoms. The summed E-state index contributed by atoms with van der Waals surface area (Å²) in [7, 11) is 0. The molecule has 0 saturated carbocycles. The second kappa shape index (κ2) is 11.4. The summed E-state index contributed by atoms with van der Waals surface area (Å²) < 4.78 is 0. The van der Waals surface area contributed by atoms with Crippen molar-refractivity contribution in [3.05, 3.63) is 34.4 Å². The van der Waals surface area contributed by atoms with E-state index in [1.807, 2.05) is 9.80 Å². The fraction of sp³-hybridized carbons (Fsp3) is 0.619. The van der Waals surface area contributed by atoms with Gasteiger partial charge >= 0.3 is 0 Å². The van der Waals surface area contributed by atoms with Crippen LogP contribution in [0.5, 0.6) is 0 Å². The fourth-order valence-electron chi connectivity index (χ4n) is 3.69. The molecule has 1 fully saturated rings. The number of amides is 2. The van der Waals surface area contributed by atoms with E-state index >= 15 is 0 Å². The van der Waals surface area contributed by atoms with E-state index < -0.39 is 0 Å². The summed E-state index contributed by atoms with van der Waals surface area (Å²) in [6, 6.07) is 6.70. The smallest absolute Gasteiger partial charge is 0.292 e. The number of carbonyl (C=O) groups excluding carboxylic acids is 2. The summed E-state index contributed by atoms with van der Waals surface area (Å²) >= 11 is 0. The first-order chi connectivity index (χ1) is 14.0. The van der Waals surface area contributed by atoms with Gasteiger partial charge in [-0.2, -0.15) is 0 Å². The molecule has 0 N–H and O–H groups in total. The minimum Gasteiger partial charge on any atom is -0.362 e. The SMILES string of the molecule is CCCN(CCC)C(=O)CCCC(=O)N1CCN(c2ccccc2[N+](=O)[O-])CC1. The van der Waals surface area contributed by atoms with Crippen LogP contribution >= 0.6 is 0 Å². The molecule has 1 heterocycles. The maximum Gasteiger partial charge on any atom is 0.292 e. The Morgan fingerprint density at radius 1 is 1.03 bits per heavy atom. The molecule has 2 rings (SSSR count). The van der Waals surface area contributed by atoms with Crippen LogP contribution in [0.1, 0.15) is 46.0 Å². The molecule has 0 aliphatic carbocycles. The van der Waals surface area contributed by atoms with Gasteiger partial charge in [0.05, 0.1) is 4.92 Å². The van der Waals surface area contributed by atoms with Crippen molar-refractivity contribution in [1.82, 2.24) is 9.80 Å². The Kier molecular flexibility index (Phi) is 8.89. The van der Waals surface area contributed by atoms with E-state index in [4.69, 9.17) is 0 Å². The summed E-state index contributed by atoms with van der Waals surface area (Å²) in [5.74, 6) is 0.181. The standard InChI is InChI=1S/C21H32N4O4/c1-3-12-23(13-4-2)20(26)10-7-11-21(27)24-16-14-22(15-17-24)18-8-5-6-9-19(18)25(28)29/h5-6,8-9H,3-4,7,10-17H2,1-2H3. The van der Waals surface area contributed by atoms with E-state index in [0.717, 1.165) is 25.9 Å². The van der Waals surface area contributed by atoms with Crippen LogP contribution in [0.2, 0.25) is 0 Å². The van der Waals surface area contributed by atoms with Crippen LogP contribution in [0.4, 0.5) is 11.4 Å². The van der Waals surface area contributed by atoms with Crippen molar-refractivity contribution in [2.24, 2.45) is 0 Å². The van der Waals surface area contributed by atoms with Gasteiger partial charge in [0.2, 0.25) is 11.8 Å². The molecule has 1 aromatic rings. The number of piperazine rings is 1. The quantitative estimate of drug-likeness (QED) is 0.442. The Morgan fingerprint density at radius 3 is 2.24 bits per heavy atom. The number of nitro benzene ring substituents is 1. The average Bonchev–Trinajstić information content (AvgIpc) is 2.73. The highest BCUT2D eigenvalue weighted by molar-refractivity contribution is 5.79. The monoisotopic (exact) mass is 404 g/mol. The van der Waals surface area contributed by atoms with E-state index in [1.54, 1.807) is 23.1 Å². The van der Waals surface area contributed by atoms with Gasteiger partial charge < -0.3 is 14.7 Å². The summed E-state index contributed by atoms with van der Waals surface area (Å²) in [6.45, 7) is 7.87. The number of nitrogens with zero attached hydrogens (tertiary/aromatic N) is 4. The molecule has 2 amide bonds. The molecule has 1 saturated heterocycles. The Bertz CT molecular complexity index is 696. The minimum atomic E-state index is -0.371. The van der Waals surface area contributed by atoms with E-state index in [1.165, 1.54) is 6.07 Å². The van der Waals surface area contributed by atoms with Gasteiger partial charge in [-0.1, -0.05) is 26.0 Å². The molecule has 0 bridgehead atoms. The Labute approximate surface area is 172 Å². The zero-order valence-electron chi connectivity index (χ0n) is 17.5. The maximum atomic E-state index is 12.5. The lowest BCUT2D eigenvalue weighted by Gasteiger charge is -2.35. The molecule has 8 nitrogen and oxygen atoms in total. The number of anilines is 1. The lowest BCUT2D eigenvalue weighted by atomic mass is 10.1. The van der Waals surface area contributed by atoms with Crippen LogP contribution in [0.25, 0.3) is 0 Å². The Balaban J connectivity index is 1.79. The number of carbonyl (C=O) groups is 2. The second-order valence-electron chi connectivity index (χ2n) is 7.35. The van der Waals surface area contributed by atoms with Crippen LogP contribution in [0.3, 0.4) is 0 Å². The van der Waals surface area contributed by atoms with Crippen molar-refractivity contribution in [1.29, 1.82) is 0 Å². The summed E-state index contributed by atoms with van der Waals surface area (Å²) in [5.41, 5.74) is 0.691. The lowest BCUT2D eigenvalue weighted by Crippen LogP contribution is -2.48. The van der Waals surface area contributed by atoms with E-state index in [-0.39, 0.29) is 22.4 Å². The molecule has 1 aromatic carbocycles. The number of para-hydroxylation sites is 2. The van der Waals surface area contributed by atoms with Crippen molar-refractivity contribution in [2.75, 3.05) is 44.2 Å². The Hall–Kier alpha value is -2.64. The topological polar surface area (TPSA) is 87.0 Å². The molecule has 0 spiro atoms. The number of hydrogen-bond acceptors (Lipinski definition) is 5. The van der Waals surface area contributed by atoms with Gasteiger partial charge in [0, 0.05) is 58.2 Å². The first-order valence-corrected chi connectivity index (χ1v) is 10.5. The average molecular weight is 405 g/mol. The van der Waals surface area contributed by atoms with Crippen molar-refractivity contribution in [3.63, 3.8) is 0 Å². The van der Waals surface area contributed by atoms with E-state index in [2.05, 4.69) is 13.8 Å². The van der Waals surface area contributed by atoms with Gasteiger partial charge in [0.1, 0.15) is 5.69 Å². The number of rotatable bonds is 10. The highest BCUT2D eigenvalue weighted by Gasteiger charge is 2.25. The van der Waals surface area contributed by atoms with E-state index in [9.17, 15) is 19.7 Å². The summed E-state index contributed by atoms with van der Waals surface area (Å²) in [4.78, 5) is 41.3. The van der Waals surface area contributed by atoms with Crippen molar-refractivity contribution >= 4 is 23.2 Å². The zero-order chi connectivity index (χ0) is 21.2. The number of nitro groups is 1. The molecule has 0 unspecified atom stereocenters. The van der Waals surface area contributed by atoms with Gasteiger partial charge in [-0.25, -0.2) is 0 Å². The zero-order valence-corrected chi connectivity index (χ0v) is 17.5. The lowest BCUT2D eigenvalue weighted by molar-refractivity contribution is -0.384. The van der Waals surface area contributed by atoms with Crippen molar-refractivity contribution in [2.45, 2.75) is 46.0 Å². The van der Waals surface area contributed by atoms with Gasteiger partial charge in [-0.15, -0.1) is 0 Å². The normalized spacial score (nSPS) is 14.0. The molecule has 0 aromatic heterocycles. The van der Waals surface area contributed by atoms with Crippen molar-refractivity contribution in [3.8, 4) is 0 Å². The minimum absolute atomic E-state index is 0.0533. The molecular weight excluding hydrogens is 372 g/mol. The predicted molar refractivity (Wildman–Crippen MR) is 113 cm³/mol. The first-order valence-electron chi connectivity index (χ1n) is 10.5. The predicted octanol–water partition coefficient (Wildman–Crippen LogP) is 3.06. The van der Waals surface area contributed by atoms with Gasteiger partial charge in [0.25, 0.3) is 5.69 Å². The Morgan fingerprint density at radius 2 is 1.66 bits per heavy atom. The molecule has 0 radical (unpaired) electrons. The van der Waals surface area contributed by atoms with Crippen LogP contribution in [0.15, 0.2) is 24.3 Å². The third-order valence-corrected chi connectivity index (χ3v) is 5.17. The molecule has 160 valence electrons. The van der Waals surface area contributed by atoms with Gasteiger partial charge in [-0.3, -0.25) is 19.7 Å². The highest BCUT2D eigenvalue weighted by atomic mass is 16.6. The maximum absolute atomic E-state index is 12.5. The first kappa shape index (κ1) is 22.6. The second-order valence-corrected chi connectivity index (χ2v) is 7.35. The van der Waals surface area contributed by atoms with Crippen LogP contribution in [-0.2, 0) is 9.59 Å². The molecule has 29 heavy (non-hydrogen) atoms. The molecule has 0 atom stereocenters. The third-order valence-electron chi connectivity index (χ3n) is 5.17. The van der Waals surface area contributed by atoms with E-state index in [0.29, 0.717) is 51.1 Å². The number of benzene rings is 1. The summed E-state index contributed by atoms with van der Waals surface area (Å²) in [6.07, 6.45) is 3.21. The van der Waals surface area contributed by atoms with Gasteiger partial charge in [0.15, 0.2) is 0 Å². The highest BCUT2D eigenvalue weighted by Crippen LogP contribution is 2.28. The van der Waals surface area contributed by atoms with Crippen molar-refractivity contribution < 1.29 is 14.5 Å². The summed E-state index contributed by atoms with van der Waals surface area (Å²) in [5, 5.41) is 11.2. The van der Waals surface area contributed by atoms with Crippen LogP contribution in [-0.4, -0.2) is 65.8 Å². The largest absolute Gasteiger partial charge is 0.362 e. The van der Waals surface area contributed by atoms with Gasteiger partial charge in [-0.05, 0) is 25.3 Å². The third kappa shape index (κ3) is 6.44. The molecule has 1 aliphatic rings. The molecule has 1 aliphatic heterocycles. The fourth-order valence-corrected chi connectivity index (χ4v) is 3.69. The molecular formula is C21H32N4O4.